The molecule has 0 spiro atoms. The molecule has 1 aliphatic heterocycles. The van der Waals surface area contributed by atoms with Crippen LogP contribution in [-0.4, -0.2) is 26.7 Å². The molecular formula is C16H20BFO4S. The Bertz CT molecular complexity index is 762. The monoisotopic (exact) mass is 338 g/mol. The molecule has 1 fully saturated rings. The van der Waals surface area contributed by atoms with Crippen LogP contribution >= 0.6 is 0 Å². The molecule has 124 valence electrons. The van der Waals surface area contributed by atoms with E-state index in [0.717, 1.165) is 0 Å². The van der Waals surface area contributed by atoms with Crippen LogP contribution < -0.4 is 5.46 Å². The molecule has 1 aromatic carbocycles. The summed E-state index contributed by atoms with van der Waals surface area (Å²) in [5.41, 5.74) is 0.915. The van der Waals surface area contributed by atoms with Gasteiger partial charge in [0.2, 0.25) is 0 Å². The van der Waals surface area contributed by atoms with Crippen LogP contribution in [0.25, 0.3) is 0 Å². The van der Waals surface area contributed by atoms with Gasteiger partial charge in [0.15, 0.2) is 0 Å². The van der Waals surface area contributed by atoms with Crippen LogP contribution in [0.15, 0.2) is 12.1 Å². The third-order valence-electron chi connectivity index (χ3n) is 4.56. The molecule has 0 bridgehead atoms. The minimum absolute atomic E-state index is 0.313. The van der Waals surface area contributed by atoms with Gasteiger partial charge in [-0.2, -0.15) is 8.42 Å². The van der Waals surface area contributed by atoms with Crippen LogP contribution in [0.1, 0.15) is 44.4 Å². The number of hydrogen-bond donors (Lipinski definition) is 0. The van der Waals surface area contributed by atoms with E-state index in [-0.39, 0.29) is 0 Å². The Morgan fingerprint density at radius 2 is 1.74 bits per heavy atom. The van der Waals surface area contributed by atoms with Gasteiger partial charge < -0.3 is 9.31 Å². The van der Waals surface area contributed by atoms with E-state index in [1.165, 1.54) is 6.07 Å². The molecule has 0 atom stereocenters. The summed E-state index contributed by atoms with van der Waals surface area (Å²) in [7, 11) is -5.35. The highest BCUT2D eigenvalue weighted by atomic mass is 32.3. The quantitative estimate of drug-likeness (QED) is 0.481. The van der Waals surface area contributed by atoms with E-state index < -0.39 is 34.3 Å². The highest BCUT2D eigenvalue weighted by molar-refractivity contribution is 7.85. The van der Waals surface area contributed by atoms with Crippen molar-refractivity contribution >= 4 is 22.8 Å². The molecule has 0 aromatic heterocycles. The average Bonchev–Trinajstić information content (AvgIpc) is 2.59. The number of rotatable bonds is 3. The fraction of sp³-hybridized carbons (Fsp3) is 0.500. The van der Waals surface area contributed by atoms with Crippen molar-refractivity contribution in [1.82, 2.24) is 0 Å². The summed E-state index contributed by atoms with van der Waals surface area (Å²) in [5.74, 6) is 1.74. The van der Waals surface area contributed by atoms with Crippen LogP contribution in [0, 0.1) is 19.3 Å². The molecule has 0 aliphatic carbocycles. The van der Waals surface area contributed by atoms with E-state index in [1.54, 1.807) is 13.0 Å². The van der Waals surface area contributed by atoms with Crippen LogP contribution in [0.3, 0.4) is 0 Å². The molecule has 1 saturated heterocycles. The van der Waals surface area contributed by atoms with E-state index in [0.29, 0.717) is 22.2 Å². The summed E-state index contributed by atoms with van der Waals surface area (Å²) in [5, 5.41) is 0. The maximum Gasteiger partial charge on any atom is 0.495 e. The van der Waals surface area contributed by atoms with Gasteiger partial charge in [0.1, 0.15) is 5.75 Å². The van der Waals surface area contributed by atoms with Crippen molar-refractivity contribution in [1.29, 1.82) is 0 Å². The molecule has 2 rings (SSSR count). The van der Waals surface area contributed by atoms with Crippen molar-refractivity contribution in [3.05, 3.63) is 28.8 Å². The lowest BCUT2D eigenvalue weighted by molar-refractivity contribution is 0.00578. The SMILES string of the molecule is C#Cc1cc(CS(=O)(=O)F)c(C)c(B2OC(C)(C)C(C)(C)O2)c1. The summed E-state index contributed by atoms with van der Waals surface area (Å²) in [6.45, 7) is 9.38. The Labute approximate surface area is 137 Å². The van der Waals surface area contributed by atoms with Crippen molar-refractivity contribution in [3.63, 3.8) is 0 Å². The van der Waals surface area contributed by atoms with Crippen molar-refractivity contribution in [2.45, 2.75) is 51.6 Å². The van der Waals surface area contributed by atoms with E-state index in [2.05, 4.69) is 5.92 Å². The predicted molar refractivity (Wildman–Crippen MR) is 88.6 cm³/mol. The van der Waals surface area contributed by atoms with Gasteiger partial charge in [0.25, 0.3) is 0 Å². The number of hydrogen-bond acceptors (Lipinski definition) is 4. The first kappa shape index (κ1) is 18.0. The van der Waals surface area contributed by atoms with E-state index in [9.17, 15) is 12.3 Å². The molecule has 4 nitrogen and oxygen atoms in total. The average molecular weight is 338 g/mol. The van der Waals surface area contributed by atoms with Crippen molar-refractivity contribution < 1.29 is 21.6 Å². The first-order valence-electron chi connectivity index (χ1n) is 7.24. The largest absolute Gasteiger partial charge is 0.495 e. The van der Waals surface area contributed by atoms with E-state index in [1.807, 2.05) is 27.7 Å². The molecule has 0 radical (unpaired) electrons. The first-order valence-corrected chi connectivity index (χ1v) is 8.79. The van der Waals surface area contributed by atoms with E-state index in [4.69, 9.17) is 15.7 Å². The Balaban J connectivity index is 2.52. The van der Waals surface area contributed by atoms with Gasteiger partial charge >= 0.3 is 17.3 Å². The van der Waals surface area contributed by atoms with Gasteiger partial charge in [-0.15, -0.1) is 10.3 Å². The molecule has 1 aliphatic rings. The molecule has 1 heterocycles. The molecule has 0 N–H and O–H groups in total. The first-order chi connectivity index (χ1) is 10.4. The number of terminal acetylenes is 1. The minimum Gasteiger partial charge on any atom is -0.399 e. The summed E-state index contributed by atoms with van der Waals surface area (Å²) in [6, 6.07) is 3.22. The van der Waals surface area contributed by atoms with Crippen LogP contribution in [0.5, 0.6) is 0 Å². The van der Waals surface area contributed by atoms with Crippen LogP contribution in [0.2, 0.25) is 0 Å². The summed E-state index contributed by atoms with van der Waals surface area (Å²) >= 11 is 0. The summed E-state index contributed by atoms with van der Waals surface area (Å²) in [4.78, 5) is 0. The normalized spacial score (nSPS) is 19.6. The minimum atomic E-state index is -4.66. The summed E-state index contributed by atoms with van der Waals surface area (Å²) < 4.78 is 47.1. The van der Waals surface area contributed by atoms with Gasteiger partial charge in [-0.3, -0.25) is 0 Å². The fourth-order valence-electron chi connectivity index (χ4n) is 2.43. The zero-order valence-corrected chi connectivity index (χ0v) is 14.8. The smallest absolute Gasteiger partial charge is 0.399 e. The van der Waals surface area contributed by atoms with Crippen molar-refractivity contribution in [2.75, 3.05) is 0 Å². The molecule has 1 aromatic rings. The topological polar surface area (TPSA) is 52.6 Å². The zero-order chi connectivity index (χ0) is 17.6. The Hall–Kier alpha value is -1.36. The standard InChI is InChI=1S/C16H20BFO4S/c1-7-12-8-13(10-23(18,19)20)11(2)14(9-12)17-21-15(3,4)16(5,6)22-17/h1,8-9H,10H2,2-6H3. The van der Waals surface area contributed by atoms with Gasteiger partial charge in [0, 0.05) is 5.56 Å². The van der Waals surface area contributed by atoms with Gasteiger partial charge in [-0.25, -0.2) is 0 Å². The van der Waals surface area contributed by atoms with E-state index >= 15 is 0 Å². The Morgan fingerprint density at radius 1 is 1.22 bits per heavy atom. The summed E-state index contributed by atoms with van der Waals surface area (Å²) in [6.07, 6.45) is 5.43. The maximum absolute atomic E-state index is 13.1. The molecule has 0 unspecified atom stereocenters. The van der Waals surface area contributed by atoms with Gasteiger partial charge in [0.05, 0.1) is 11.2 Å². The van der Waals surface area contributed by atoms with Crippen LogP contribution in [0.4, 0.5) is 3.89 Å². The highest BCUT2D eigenvalue weighted by Crippen LogP contribution is 2.37. The Kier molecular flexibility index (Phi) is 4.40. The molecule has 0 amide bonds. The predicted octanol–water partition coefficient (Wildman–Crippen LogP) is 2.07. The zero-order valence-electron chi connectivity index (χ0n) is 13.9. The molecule has 0 saturated carbocycles. The van der Waals surface area contributed by atoms with Gasteiger partial charge in [-0.1, -0.05) is 5.92 Å². The van der Waals surface area contributed by atoms with Crippen molar-refractivity contribution in [2.24, 2.45) is 0 Å². The number of halogens is 1. The third kappa shape index (κ3) is 3.60. The second-order valence-electron chi connectivity index (χ2n) is 6.77. The van der Waals surface area contributed by atoms with Crippen LogP contribution in [-0.2, 0) is 25.3 Å². The Morgan fingerprint density at radius 3 is 2.17 bits per heavy atom. The van der Waals surface area contributed by atoms with Crippen molar-refractivity contribution in [3.8, 4) is 12.3 Å². The lowest BCUT2D eigenvalue weighted by Gasteiger charge is -2.32. The fourth-order valence-corrected chi connectivity index (χ4v) is 3.10. The second kappa shape index (κ2) is 5.62. The lowest BCUT2D eigenvalue weighted by Crippen LogP contribution is -2.41. The highest BCUT2D eigenvalue weighted by Gasteiger charge is 2.52. The maximum atomic E-state index is 13.1. The number of benzene rings is 1. The second-order valence-corrected chi connectivity index (χ2v) is 8.13. The third-order valence-corrected chi connectivity index (χ3v) is 5.21. The molecule has 23 heavy (non-hydrogen) atoms. The van der Waals surface area contributed by atoms with Gasteiger partial charge in [-0.05, 0) is 63.3 Å². The molecular weight excluding hydrogens is 318 g/mol. The molecule has 7 heteroatoms. The lowest BCUT2D eigenvalue weighted by atomic mass is 9.74.